The van der Waals surface area contributed by atoms with Crippen molar-refractivity contribution < 1.29 is 4.74 Å². The van der Waals surface area contributed by atoms with Crippen LogP contribution in [0.5, 0.6) is 0 Å². The maximum absolute atomic E-state index is 5.95. The standard InChI is InChI=1S/C14H14BrClN4O/c15-10-4-2-1-3-9(10)11-8-20(5-6-21-11)13-7-12(16)18-14(17)19-13/h1-4,7,11H,5-6,8H2,(H2,17,18,19). The molecule has 1 atom stereocenters. The number of ether oxygens (including phenoxy) is 1. The number of rotatable bonds is 2. The number of halogens is 2. The van der Waals surface area contributed by atoms with Crippen LogP contribution in [0.3, 0.4) is 0 Å². The number of hydrogen-bond donors (Lipinski definition) is 1. The van der Waals surface area contributed by atoms with Crippen molar-refractivity contribution in [3.8, 4) is 0 Å². The first-order valence-electron chi connectivity index (χ1n) is 6.54. The lowest BCUT2D eigenvalue weighted by Crippen LogP contribution is -2.39. The van der Waals surface area contributed by atoms with Crippen LogP contribution in [0.1, 0.15) is 11.7 Å². The van der Waals surface area contributed by atoms with Crippen molar-refractivity contribution >= 4 is 39.3 Å². The third-order valence-corrected chi connectivity index (χ3v) is 4.26. The van der Waals surface area contributed by atoms with Crippen LogP contribution in [0, 0.1) is 0 Å². The number of aromatic nitrogens is 2. The molecule has 0 radical (unpaired) electrons. The molecule has 5 nitrogen and oxygen atoms in total. The number of benzene rings is 1. The lowest BCUT2D eigenvalue weighted by atomic mass is 10.1. The van der Waals surface area contributed by atoms with Crippen molar-refractivity contribution in [2.75, 3.05) is 30.3 Å². The van der Waals surface area contributed by atoms with Gasteiger partial charge in [-0.15, -0.1) is 0 Å². The fraction of sp³-hybridized carbons (Fsp3) is 0.286. The minimum Gasteiger partial charge on any atom is -0.370 e. The van der Waals surface area contributed by atoms with Gasteiger partial charge in [0.15, 0.2) is 0 Å². The molecule has 1 unspecified atom stereocenters. The molecule has 1 aliphatic rings. The third-order valence-electron chi connectivity index (χ3n) is 3.34. The largest absolute Gasteiger partial charge is 0.370 e. The van der Waals surface area contributed by atoms with Crippen molar-refractivity contribution in [2.24, 2.45) is 0 Å². The lowest BCUT2D eigenvalue weighted by molar-refractivity contribution is 0.0391. The Hall–Kier alpha value is -1.37. The van der Waals surface area contributed by atoms with Gasteiger partial charge in [-0.1, -0.05) is 45.7 Å². The van der Waals surface area contributed by atoms with E-state index in [2.05, 4.69) is 36.9 Å². The Morgan fingerprint density at radius 1 is 1.33 bits per heavy atom. The van der Waals surface area contributed by atoms with E-state index in [0.29, 0.717) is 18.3 Å². The second-order valence-corrected chi connectivity index (χ2v) is 5.98. The Bertz CT molecular complexity index is 634. The summed E-state index contributed by atoms with van der Waals surface area (Å²) in [5.41, 5.74) is 6.78. The van der Waals surface area contributed by atoms with E-state index in [-0.39, 0.29) is 12.1 Å². The normalized spacial score (nSPS) is 18.8. The van der Waals surface area contributed by atoms with E-state index in [1.54, 1.807) is 6.07 Å². The number of nitrogen functional groups attached to an aromatic ring is 1. The van der Waals surface area contributed by atoms with E-state index in [1.165, 1.54) is 0 Å². The summed E-state index contributed by atoms with van der Waals surface area (Å²) in [7, 11) is 0. The molecule has 0 aliphatic carbocycles. The third kappa shape index (κ3) is 3.28. The van der Waals surface area contributed by atoms with Gasteiger partial charge in [-0.25, -0.2) is 4.98 Å². The Kier molecular flexibility index (Phi) is 4.28. The second-order valence-electron chi connectivity index (χ2n) is 4.73. The topological polar surface area (TPSA) is 64.3 Å². The van der Waals surface area contributed by atoms with Crippen molar-refractivity contribution in [1.29, 1.82) is 0 Å². The monoisotopic (exact) mass is 368 g/mol. The van der Waals surface area contributed by atoms with Gasteiger partial charge in [-0.3, -0.25) is 0 Å². The van der Waals surface area contributed by atoms with Crippen LogP contribution in [0.4, 0.5) is 11.8 Å². The molecular formula is C14H14BrClN4O. The van der Waals surface area contributed by atoms with Crippen LogP contribution in [0.15, 0.2) is 34.8 Å². The average Bonchev–Trinajstić information content (AvgIpc) is 2.47. The molecule has 3 rings (SSSR count). The Balaban J connectivity index is 1.84. The molecule has 0 saturated carbocycles. The molecule has 7 heteroatoms. The Morgan fingerprint density at radius 3 is 2.90 bits per heavy atom. The van der Waals surface area contributed by atoms with Crippen LogP contribution < -0.4 is 10.6 Å². The van der Waals surface area contributed by atoms with Gasteiger partial charge in [0, 0.05) is 23.6 Å². The lowest BCUT2D eigenvalue weighted by Gasteiger charge is -2.34. The molecule has 0 amide bonds. The van der Waals surface area contributed by atoms with Crippen molar-refractivity contribution in [2.45, 2.75) is 6.10 Å². The molecular weight excluding hydrogens is 356 g/mol. The highest BCUT2D eigenvalue weighted by atomic mass is 79.9. The highest BCUT2D eigenvalue weighted by Crippen LogP contribution is 2.30. The summed E-state index contributed by atoms with van der Waals surface area (Å²) in [6.07, 6.45) is -0.0238. The van der Waals surface area contributed by atoms with E-state index in [9.17, 15) is 0 Å². The predicted octanol–water partition coefficient (Wildman–Crippen LogP) is 3.05. The number of hydrogen-bond acceptors (Lipinski definition) is 5. The summed E-state index contributed by atoms with van der Waals surface area (Å²) in [6.45, 7) is 2.05. The van der Waals surface area contributed by atoms with Gasteiger partial charge >= 0.3 is 0 Å². The Morgan fingerprint density at radius 2 is 2.14 bits per heavy atom. The molecule has 1 aliphatic heterocycles. The van der Waals surface area contributed by atoms with Crippen LogP contribution in [0.25, 0.3) is 0 Å². The van der Waals surface area contributed by atoms with E-state index in [1.807, 2.05) is 18.2 Å². The van der Waals surface area contributed by atoms with Gasteiger partial charge in [0.1, 0.15) is 17.1 Å². The molecule has 2 aromatic rings. The number of anilines is 2. The maximum atomic E-state index is 5.95. The molecule has 1 saturated heterocycles. The summed E-state index contributed by atoms with van der Waals surface area (Å²) in [6, 6.07) is 9.78. The SMILES string of the molecule is Nc1nc(Cl)cc(N2CCOC(c3ccccc3Br)C2)n1. The van der Waals surface area contributed by atoms with Crippen molar-refractivity contribution in [3.05, 3.63) is 45.5 Å². The van der Waals surface area contributed by atoms with Gasteiger partial charge in [0.2, 0.25) is 5.95 Å². The first kappa shape index (κ1) is 14.6. The van der Waals surface area contributed by atoms with E-state index < -0.39 is 0 Å². The second kappa shape index (κ2) is 6.17. The van der Waals surface area contributed by atoms with Crippen LogP contribution in [-0.2, 0) is 4.74 Å². The van der Waals surface area contributed by atoms with Crippen LogP contribution >= 0.6 is 27.5 Å². The van der Waals surface area contributed by atoms with Gasteiger partial charge < -0.3 is 15.4 Å². The smallest absolute Gasteiger partial charge is 0.223 e. The van der Waals surface area contributed by atoms with Crippen molar-refractivity contribution in [1.82, 2.24) is 9.97 Å². The first-order chi connectivity index (χ1) is 10.1. The molecule has 0 bridgehead atoms. The number of nitrogens with zero attached hydrogens (tertiary/aromatic N) is 3. The molecule has 1 aromatic heterocycles. The molecule has 2 N–H and O–H groups in total. The number of morpholine rings is 1. The molecule has 1 fully saturated rings. The van der Waals surface area contributed by atoms with Gasteiger partial charge in [-0.05, 0) is 11.6 Å². The zero-order valence-electron chi connectivity index (χ0n) is 11.2. The summed E-state index contributed by atoms with van der Waals surface area (Å²) < 4.78 is 6.92. The fourth-order valence-electron chi connectivity index (χ4n) is 2.37. The maximum Gasteiger partial charge on any atom is 0.223 e. The highest BCUT2D eigenvalue weighted by molar-refractivity contribution is 9.10. The highest BCUT2D eigenvalue weighted by Gasteiger charge is 2.24. The first-order valence-corrected chi connectivity index (χ1v) is 7.71. The predicted molar refractivity (Wildman–Crippen MR) is 86.5 cm³/mol. The zero-order chi connectivity index (χ0) is 14.8. The number of nitrogens with two attached hydrogens (primary N) is 1. The summed E-state index contributed by atoms with van der Waals surface area (Å²) in [4.78, 5) is 10.2. The summed E-state index contributed by atoms with van der Waals surface area (Å²) >= 11 is 9.52. The van der Waals surface area contributed by atoms with Crippen molar-refractivity contribution in [3.63, 3.8) is 0 Å². The average molecular weight is 370 g/mol. The van der Waals surface area contributed by atoms with E-state index >= 15 is 0 Å². The quantitative estimate of drug-likeness (QED) is 0.824. The summed E-state index contributed by atoms with van der Waals surface area (Å²) in [5.74, 6) is 0.911. The molecule has 0 spiro atoms. The Labute approximate surface area is 136 Å². The summed E-state index contributed by atoms with van der Waals surface area (Å²) in [5, 5.41) is 0.349. The minimum atomic E-state index is -0.0238. The molecule has 1 aromatic carbocycles. The minimum absolute atomic E-state index is 0.0238. The molecule has 110 valence electrons. The van der Waals surface area contributed by atoms with Crippen LogP contribution in [0.2, 0.25) is 5.15 Å². The van der Waals surface area contributed by atoms with Gasteiger partial charge in [-0.2, -0.15) is 4.98 Å². The molecule has 21 heavy (non-hydrogen) atoms. The molecule has 2 heterocycles. The van der Waals surface area contributed by atoms with E-state index in [0.717, 1.165) is 22.4 Å². The fourth-order valence-corrected chi connectivity index (χ4v) is 3.09. The van der Waals surface area contributed by atoms with Gasteiger partial charge in [0.05, 0.1) is 6.61 Å². The van der Waals surface area contributed by atoms with Crippen LogP contribution in [-0.4, -0.2) is 29.7 Å². The zero-order valence-corrected chi connectivity index (χ0v) is 13.5. The van der Waals surface area contributed by atoms with Gasteiger partial charge in [0.25, 0.3) is 0 Å². The van der Waals surface area contributed by atoms with E-state index in [4.69, 9.17) is 22.1 Å².